The summed E-state index contributed by atoms with van der Waals surface area (Å²) >= 11 is 0. The molecule has 6 heteroatoms. The van der Waals surface area contributed by atoms with Gasteiger partial charge in [-0.25, -0.2) is 0 Å². The van der Waals surface area contributed by atoms with E-state index in [-0.39, 0.29) is 29.6 Å². The molecule has 26 heavy (non-hydrogen) atoms. The molecule has 2 heterocycles. The lowest BCUT2D eigenvalue weighted by Crippen LogP contribution is -2.40. The second-order valence-electron chi connectivity index (χ2n) is 7.17. The number of amides is 3. The van der Waals surface area contributed by atoms with E-state index in [1.54, 1.807) is 29.2 Å². The first-order valence-electron chi connectivity index (χ1n) is 9.07. The Morgan fingerprint density at radius 2 is 1.69 bits per heavy atom. The smallest absolute Gasteiger partial charge is 0.254 e. The van der Waals surface area contributed by atoms with Gasteiger partial charge in [0.2, 0.25) is 11.8 Å². The first-order chi connectivity index (χ1) is 12.6. The van der Waals surface area contributed by atoms with E-state index in [0.29, 0.717) is 50.4 Å². The zero-order chi connectivity index (χ0) is 18.3. The van der Waals surface area contributed by atoms with E-state index in [4.69, 9.17) is 4.74 Å². The molecule has 2 atom stereocenters. The van der Waals surface area contributed by atoms with Crippen molar-refractivity contribution in [3.8, 4) is 0 Å². The van der Waals surface area contributed by atoms with Crippen LogP contribution in [0.2, 0.25) is 0 Å². The minimum Gasteiger partial charge on any atom is -0.378 e. The maximum absolute atomic E-state index is 12.8. The molecule has 0 unspecified atom stereocenters. The number of hydrogen-bond acceptors (Lipinski definition) is 4. The van der Waals surface area contributed by atoms with E-state index >= 15 is 0 Å². The van der Waals surface area contributed by atoms with Crippen molar-refractivity contribution in [2.75, 3.05) is 31.2 Å². The summed E-state index contributed by atoms with van der Waals surface area (Å²) in [6.45, 7) is 4.27. The lowest BCUT2D eigenvalue weighted by molar-refractivity contribution is -0.122. The molecule has 136 valence electrons. The fourth-order valence-electron chi connectivity index (χ4n) is 3.99. The third-order valence-electron chi connectivity index (χ3n) is 5.49. The van der Waals surface area contributed by atoms with Gasteiger partial charge in [-0.15, -0.1) is 0 Å². The second kappa shape index (κ2) is 6.68. The van der Waals surface area contributed by atoms with Crippen LogP contribution in [0.4, 0.5) is 5.69 Å². The molecule has 0 radical (unpaired) electrons. The normalized spacial score (nSPS) is 26.0. The highest BCUT2D eigenvalue weighted by Gasteiger charge is 2.48. The SMILES string of the molecule is CC1=CC[C@H]2C(=O)N(c3ccc(C(=O)N4CCOCC4)cc3)C(=O)[C@@H]2C1. The Labute approximate surface area is 152 Å². The van der Waals surface area contributed by atoms with Gasteiger partial charge >= 0.3 is 0 Å². The molecule has 0 N–H and O–H groups in total. The zero-order valence-electron chi connectivity index (χ0n) is 14.8. The summed E-state index contributed by atoms with van der Waals surface area (Å²) in [6, 6.07) is 6.78. The molecule has 0 spiro atoms. The fourth-order valence-corrected chi connectivity index (χ4v) is 3.99. The molecule has 1 aromatic rings. The number of fused-ring (bicyclic) bond motifs is 1. The van der Waals surface area contributed by atoms with Gasteiger partial charge in [0.05, 0.1) is 30.7 Å². The van der Waals surface area contributed by atoms with Crippen LogP contribution in [-0.2, 0) is 14.3 Å². The summed E-state index contributed by atoms with van der Waals surface area (Å²) in [4.78, 5) is 41.0. The molecule has 3 aliphatic rings. The van der Waals surface area contributed by atoms with E-state index < -0.39 is 0 Å². The highest BCUT2D eigenvalue weighted by Crippen LogP contribution is 2.39. The Hall–Kier alpha value is -2.47. The van der Waals surface area contributed by atoms with Crippen LogP contribution in [0.25, 0.3) is 0 Å². The number of allylic oxidation sites excluding steroid dienone is 2. The maximum Gasteiger partial charge on any atom is 0.254 e. The van der Waals surface area contributed by atoms with Gasteiger partial charge in [-0.05, 0) is 44.0 Å². The Kier molecular flexibility index (Phi) is 4.36. The Balaban J connectivity index is 1.53. The van der Waals surface area contributed by atoms with Crippen LogP contribution in [0, 0.1) is 11.8 Å². The van der Waals surface area contributed by atoms with Gasteiger partial charge in [0, 0.05) is 18.7 Å². The largest absolute Gasteiger partial charge is 0.378 e. The van der Waals surface area contributed by atoms with Crippen LogP contribution < -0.4 is 4.90 Å². The van der Waals surface area contributed by atoms with Gasteiger partial charge in [0.15, 0.2) is 0 Å². The summed E-state index contributed by atoms with van der Waals surface area (Å²) in [5.41, 5.74) is 2.27. The van der Waals surface area contributed by atoms with Crippen molar-refractivity contribution in [2.24, 2.45) is 11.8 Å². The summed E-state index contributed by atoms with van der Waals surface area (Å²) in [7, 11) is 0. The van der Waals surface area contributed by atoms with E-state index in [2.05, 4.69) is 6.08 Å². The van der Waals surface area contributed by atoms with Gasteiger partial charge in [0.1, 0.15) is 0 Å². The van der Waals surface area contributed by atoms with Gasteiger partial charge < -0.3 is 9.64 Å². The predicted octanol–water partition coefficient (Wildman–Crippen LogP) is 2.00. The van der Waals surface area contributed by atoms with Crippen LogP contribution >= 0.6 is 0 Å². The Bertz CT molecular complexity index is 778. The van der Waals surface area contributed by atoms with E-state index in [1.807, 2.05) is 6.92 Å². The first-order valence-corrected chi connectivity index (χ1v) is 9.07. The predicted molar refractivity (Wildman–Crippen MR) is 95.6 cm³/mol. The van der Waals surface area contributed by atoms with Crippen molar-refractivity contribution >= 4 is 23.4 Å². The van der Waals surface area contributed by atoms with Crippen molar-refractivity contribution < 1.29 is 19.1 Å². The molecule has 0 bridgehead atoms. The molecule has 6 nitrogen and oxygen atoms in total. The zero-order valence-corrected chi connectivity index (χ0v) is 14.8. The molecular weight excluding hydrogens is 332 g/mol. The van der Waals surface area contributed by atoms with Crippen LogP contribution in [0.3, 0.4) is 0 Å². The van der Waals surface area contributed by atoms with E-state index in [0.717, 1.165) is 0 Å². The van der Waals surface area contributed by atoms with Gasteiger partial charge in [-0.1, -0.05) is 11.6 Å². The molecule has 2 aliphatic heterocycles. The molecule has 1 aliphatic carbocycles. The molecule has 0 aromatic heterocycles. The quantitative estimate of drug-likeness (QED) is 0.602. The molecule has 4 rings (SSSR count). The number of anilines is 1. The standard InChI is InChI=1S/C20H22N2O4/c1-13-2-7-16-17(12-13)20(25)22(19(16)24)15-5-3-14(4-6-15)18(23)21-8-10-26-11-9-21/h2-6,16-17H,7-12H2,1H3/t16-,17-/m1/s1. The third kappa shape index (κ3) is 2.84. The fraction of sp³-hybridized carbons (Fsp3) is 0.450. The summed E-state index contributed by atoms with van der Waals surface area (Å²) in [6.07, 6.45) is 3.34. The van der Waals surface area contributed by atoms with Crippen molar-refractivity contribution in [3.05, 3.63) is 41.5 Å². The van der Waals surface area contributed by atoms with Gasteiger partial charge in [-0.2, -0.15) is 0 Å². The average Bonchev–Trinajstić information content (AvgIpc) is 2.92. The van der Waals surface area contributed by atoms with E-state index in [9.17, 15) is 14.4 Å². The second-order valence-corrected chi connectivity index (χ2v) is 7.17. The highest BCUT2D eigenvalue weighted by molar-refractivity contribution is 6.22. The summed E-state index contributed by atoms with van der Waals surface area (Å²) < 4.78 is 5.27. The lowest BCUT2D eigenvalue weighted by Gasteiger charge is -2.27. The molecule has 0 saturated carbocycles. The topological polar surface area (TPSA) is 66.9 Å². The minimum atomic E-state index is -0.249. The molecule has 2 saturated heterocycles. The Morgan fingerprint density at radius 3 is 2.38 bits per heavy atom. The van der Waals surface area contributed by atoms with Gasteiger partial charge in [-0.3, -0.25) is 19.3 Å². The number of carbonyl (C=O) groups excluding carboxylic acids is 3. The van der Waals surface area contributed by atoms with Crippen molar-refractivity contribution in [1.29, 1.82) is 0 Å². The number of imide groups is 1. The lowest BCUT2D eigenvalue weighted by atomic mass is 9.82. The average molecular weight is 354 g/mol. The molecule has 2 fully saturated rings. The van der Waals surface area contributed by atoms with E-state index in [1.165, 1.54) is 10.5 Å². The Morgan fingerprint density at radius 1 is 1.04 bits per heavy atom. The van der Waals surface area contributed by atoms with Crippen LogP contribution in [-0.4, -0.2) is 48.9 Å². The van der Waals surface area contributed by atoms with Crippen molar-refractivity contribution in [2.45, 2.75) is 19.8 Å². The van der Waals surface area contributed by atoms with Crippen molar-refractivity contribution in [1.82, 2.24) is 4.90 Å². The van der Waals surface area contributed by atoms with Crippen LogP contribution in [0.5, 0.6) is 0 Å². The maximum atomic E-state index is 12.8. The number of ether oxygens (including phenoxy) is 1. The van der Waals surface area contributed by atoms with Gasteiger partial charge in [0.25, 0.3) is 5.91 Å². The number of carbonyl (C=O) groups is 3. The van der Waals surface area contributed by atoms with Crippen LogP contribution in [0.15, 0.2) is 35.9 Å². The number of rotatable bonds is 2. The number of morpholine rings is 1. The highest BCUT2D eigenvalue weighted by atomic mass is 16.5. The number of benzene rings is 1. The third-order valence-corrected chi connectivity index (χ3v) is 5.49. The summed E-state index contributed by atoms with van der Waals surface area (Å²) in [5, 5.41) is 0. The van der Waals surface area contributed by atoms with Crippen molar-refractivity contribution in [3.63, 3.8) is 0 Å². The summed E-state index contributed by atoms with van der Waals surface area (Å²) in [5.74, 6) is -0.800. The number of nitrogens with zero attached hydrogens (tertiary/aromatic N) is 2. The minimum absolute atomic E-state index is 0.0487. The molecule has 1 aromatic carbocycles. The molecular formula is C20H22N2O4. The molecule has 3 amide bonds. The monoisotopic (exact) mass is 354 g/mol. The first kappa shape index (κ1) is 17.0. The number of hydrogen-bond donors (Lipinski definition) is 0. The van der Waals surface area contributed by atoms with Crippen LogP contribution in [0.1, 0.15) is 30.1 Å².